The molecule has 0 saturated carbocycles. The van der Waals surface area contributed by atoms with Gasteiger partial charge in [-0.15, -0.1) is 0 Å². The number of hydrogen-bond donors (Lipinski definition) is 0. The first-order chi connectivity index (χ1) is 6.31. The predicted molar refractivity (Wildman–Crippen MR) is 56.1 cm³/mol. The van der Waals surface area contributed by atoms with E-state index in [1.54, 1.807) is 13.8 Å². The standard InChI is InChI=1S/C10H21NO3/c1-7(2)13-10(6,9(5)11-12)14-8(3)4/h7-9H,1-6H3. The monoisotopic (exact) mass is 203 g/mol. The molecule has 0 fully saturated rings. The lowest BCUT2D eigenvalue weighted by Gasteiger charge is -2.35. The number of nitrogens with zero attached hydrogens (tertiary/aromatic N) is 1. The van der Waals surface area contributed by atoms with Crippen molar-refractivity contribution in [3.8, 4) is 0 Å². The number of ether oxygens (including phenoxy) is 2. The second kappa shape index (κ2) is 5.41. The first-order valence-corrected chi connectivity index (χ1v) is 5.00. The zero-order chi connectivity index (χ0) is 11.4. The van der Waals surface area contributed by atoms with Crippen molar-refractivity contribution >= 4 is 0 Å². The van der Waals surface area contributed by atoms with Crippen LogP contribution in [0.4, 0.5) is 0 Å². The molecule has 1 atom stereocenters. The highest BCUT2D eigenvalue weighted by molar-refractivity contribution is 4.78. The Bertz CT molecular complexity index is 170. The molecule has 0 aliphatic carbocycles. The highest BCUT2D eigenvalue weighted by Gasteiger charge is 2.36. The quantitative estimate of drug-likeness (QED) is 0.492. The molecule has 0 rings (SSSR count). The van der Waals surface area contributed by atoms with E-state index >= 15 is 0 Å². The summed E-state index contributed by atoms with van der Waals surface area (Å²) < 4.78 is 11.2. The van der Waals surface area contributed by atoms with Crippen LogP contribution >= 0.6 is 0 Å². The molecule has 4 nitrogen and oxygen atoms in total. The summed E-state index contributed by atoms with van der Waals surface area (Å²) in [6.45, 7) is 11.1. The van der Waals surface area contributed by atoms with Gasteiger partial charge in [-0.1, -0.05) is 5.18 Å². The van der Waals surface area contributed by atoms with Crippen LogP contribution in [0.5, 0.6) is 0 Å². The summed E-state index contributed by atoms with van der Waals surface area (Å²) in [6, 6.07) is -0.521. The normalized spacial score (nSPS) is 14.9. The van der Waals surface area contributed by atoms with Crippen molar-refractivity contribution in [2.24, 2.45) is 5.18 Å². The largest absolute Gasteiger partial charge is 0.345 e. The van der Waals surface area contributed by atoms with Crippen molar-refractivity contribution in [3.05, 3.63) is 4.91 Å². The Balaban J connectivity index is 4.56. The van der Waals surface area contributed by atoms with E-state index < -0.39 is 11.8 Å². The van der Waals surface area contributed by atoms with E-state index in [2.05, 4.69) is 5.18 Å². The van der Waals surface area contributed by atoms with Crippen LogP contribution < -0.4 is 0 Å². The lowest BCUT2D eigenvalue weighted by atomic mass is 10.1. The van der Waals surface area contributed by atoms with Crippen LogP contribution in [0, 0.1) is 4.91 Å². The van der Waals surface area contributed by atoms with Gasteiger partial charge in [0.25, 0.3) is 0 Å². The zero-order valence-corrected chi connectivity index (χ0v) is 9.90. The van der Waals surface area contributed by atoms with Gasteiger partial charge in [-0.25, -0.2) is 0 Å². The third-order valence-corrected chi connectivity index (χ3v) is 1.86. The fraction of sp³-hybridized carbons (Fsp3) is 1.00. The molecule has 0 amide bonds. The molecule has 14 heavy (non-hydrogen) atoms. The molecule has 0 aliphatic heterocycles. The van der Waals surface area contributed by atoms with E-state index in [1.807, 2.05) is 27.7 Å². The Kier molecular flexibility index (Phi) is 5.23. The van der Waals surface area contributed by atoms with Crippen LogP contribution in [-0.4, -0.2) is 24.0 Å². The number of hydrogen-bond acceptors (Lipinski definition) is 4. The van der Waals surface area contributed by atoms with Gasteiger partial charge in [0.15, 0.2) is 5.79 Å². The zero-order valence-electron chi connectivity index (χ0n) is 9.90. The van der Waals surface area contributed by atoms with Crippen molar-refractivity contribution in [2.75, 3.05) is 0 Å². The molecule has 0 aromatic carbocycles. The van der Waals surface area contributed by atoms with E-state index in [-0.39, 0.29) is 12.2 Å². The average Bonchev–Trinajstić information content (AvgIpc) is 1.99. The summed E-state index contributed by atoms with van der Waals surface area (Å²) in [7, 11) is 0. The highest BCUT2D eigenvalue weighted by atomic mass is 16.7. The number of rotatable bonds is 6. The minimum Gasteiger partial charge on any atom is -0.345 e. The molecule has 0 aromatic rings. The van der Waals surface area contributed by atoms with E-state index in [0.29, 0.717) is 0 Å². The molecule has 84 valence electrons. The van der Waals surface area contributed by atoms with Crippen LogP contribution in [0.15, 0.2) is 5.18 Å². The Hall–Kier alpha value is -0.480. The third-order valence-electron chi connectivity index (χ3n) is 1.86. The van der Waals surface area contributed by atoms with Crippen LogP contribution in [0.25, 0.3) is 0 Å². The molecule has 0 bridgehead atoms. The van der Waals surface area contributed by atoms with E-state index in [1.165, 1.54) is 0 Å². The second-order valence-corrected chi connectivity index (χ2v) is 4.13. The molecule has 0 aliphatic rings. The van der Waals surface area contributed by atoms with Crippen molar-refractivity contribution in [1.29, 1.82) is 0 Å². The van der Waals surface area contributed by atoms with Crippen LogP contribution in [0.3, 0.4) is 0 Å². The minimum absolute atomic E-state index is 0.00273. The third kappa shape index (κ3) is 4.15. The maximum Gasteiger partial charge on any atom is 0.191 e. The molecule has 4 heteroatoms. The Morgan fingerprint density at radius 1 is 1.00 bits per heavy atom. The topological polar surface area (TPSA) is 47.9 Å². The molecule has 0 saturated heterocycles. The predicted octanol–water partition coefficient (Wildman–Crippen LogP) is 2.71. The smallest absolute Gasteiger partial charge is 0.191 e. The van der Waals surface area contributed by atoms with Gasteiger partial charge in [0.2, 0.25) is 0 Å². The number of nitroso groups, excluding NO2 is 1. The van der Waals surface area contributed by atoms with Crippen LogP contribution in [-0.2, 0) is 9.47 Å². The summed E-state index contributed by atoms with van der Waals surface area (Å²) in [4.78, 5) is 10.5. The van der Waals surface area contributed by atoms with Gasteiger partial charge in [0, 0.05) is 0 Å². The Morgan fingerprint density at radius 2 is 1.36 bits per heavy atom. The first kappa shape index (κ1) is 13.5. The van der Waals surface area contributed by atoms with Gasteiger partial charge >= 0.3 is 0 Å². The molecular weight excluding hydrogens is 182 g/mol. The van der Waals surface area contributed by atoms with Crippen molar-refractivity contribution in [2.45, 2.75) is 65.6 Å². The van der Waals surface area contributed by atoms with Gasteiger partial charge in [0.1, 0.15) is 6.04 Å². The van der Waals surface area contributed by atoms with Gasteiger partial charge in [0.05, 0.1) is 12.2 Å². The molecular formula is C10H21NO3. The lowest BCUT2D eigenvalue weighted by Crippen LogP contribution is -2.45. The highest BCUT2D eigenvalue weighted by Crippen LogP contribution is 2.23. The van der Waals surface area contributed by atoms with E-state index in [0.717, 1.165) is 0 Å². The fourth-order valence-electron chi connectivity index (χ4n) is 1.26. The molecule has 1 unspecified atom stereocenters. The van der Waals surface area contributed by atoms with Gasteiger partial charge in [-0.05, 0) is 41.5 Å². The van der Waals surface area contributed by atoms with Crippen molar-refractivity contribution in [3.63, 3.8) is 0 Å². The Labute approximate surface area is 85.9 Å². The van der Waals surface area contributed by atoms with Crippen LogP contribution in [0.2, 0.25) is 0 Å². The summed E-state index contributed by atoms with van der Waals surface area (Å²) in [5, 5.41) is 2.97. The molecule has 0 N–H and O–H groups in total. The van der Waals surface area contributed by atoms with E-state index in [9.17, 15) is 4.91 Å². The SMILES string of the molecule is CC(C)OC(C)(OC(C)C)C(C)N=O. The maximum absolute atomic E-state index is 10.5. The van der Waals surface area contributed by atoms with Gasteiger partial charge in [-0.2, -0.15) is 4.91 Å². The lowest BCUT2D eigenvalue weighted by molar-refractivity contribution is -0.265. The summed E-state index contributed by atoms with van der Waals surface area (Å²) in [5.41, 5.74) is 0. The van der Waals surface area contributed by atoms with Crippen molar-refractivity contribution < 1.29 is 9.47 Å². The van der Waals surface area contributed by atoms with E-state index in [4.69, 9.17) is 9.47 Å². The summed E-state index contributed by atoms with van der Waals surface area (Å²) in [5.74, 6) is -0.927. The van der Waals surface area contributed by atoms with Crippen LogP contribution in [0.1, 0.15) is 41.5 Å². The van der Waals surface area contributed by atoms with Gasteiger partial charge in [-0.3, -0.25) is 0 Å². The van der Waals surface area contributed by atoms with Gasteiger partial charge < -0.3 is 9.47 Å². The molecule has 0 aromatic heterocycles. The average molecular weight is 203 g/mol. The summed E-state index contributed by atoms with van der Waals surface area (Å²) in [6.07, 6.45) is 0.00546. The van der Waals surface area contributed by atoms with Crippen molar-refractivity contribution in [1.82, 2.24) is 0 Å². The molecule has 0 spiro atoms. The summed E-state index contributed by atoms with van der Waals surface area (Å²) >= 11 is 0. The fourth-order valence-corrected chi connectivity index (χ4v) is 1.26. The maximum atomic E-state index is 10.5. The molecule has 0 radical (unpaired) electrons. The second-order valence-electron chi connectivity index (χ2n) is 4.13. The Morgan fingerprint density at radius 3 is 1.57 bits per heavy atom. The minimum atomic E-state index is -0.927. The first-order valence-electron chi connectivity index (χ1n) is 5.00. The molecule has 0 heterocycles.